The minimum absolute atomic E-state index is 0. The van der Waals surface area contributed by atoms with E-state index in [1.807, 2.05) is 0 Å². The van der Waals surface area contributed by atoms with Crippen LogP contribution >= 0.6 is 8.03 Å². The van der Waals surface area contributed by atoms with Gasteiger partial charge in [0.05, 0.1) is 6.61 Å². The van der Waals surface area contributed by atoms with E-state index >= 15 is 0 Å². The van der Waals surface area contributed by atoms with Crippen LogP contribution in [0.4, 0.5) is 0 Å². The van der Waals surface area contributed by atoms with Crippen LogP contribution in [0.15, 0.2) is 12.2 Å². The van der Waals surface area contributed by atoms with Gasteiger partial charge in [0.25, 0.3) is 0 Å². The van der Waals surface area contributed by atoms with Gasteiger partial charge in [-0.1, -0.05) is 14.0 Å². The molecule has 0 radical (unpaired) electrons. The molecule has 14 heavy (non-hydrogen) atoms. The van der Waals surface area contributed by atoms with E-state index in [4.69, 9.17) is 9.26 Å². The largest absolute Gasteiger partial charge is 0.504 e. The molecule has 0 aromatic carbocycles. The zero-order valence-corrected chi connectivity index (χ0v) is 8.80. The Morgan fingerprint density at radius 1 is 1.43 bits per heavy atom. The minimum atomic E-state index is -1.55. The van der Waals surface area contributed by atoms with Gasteiger partial charge in [-0.25, -0.2) is 4.79 Å². The molecule has 82 valence electrons. The van der Waals surface area contributed by atoms with Gasteiger partial charge in [0.15, 0.2) is 6.66 Å². The number of carbonyl (C=O) groups is 1. The van der Waals surface area contributed by atoms with Gasteiger partial charge in [-0.15, -0.1) is 4.52 Å². The summed E-state index contributed by atoms with van der Waals surface area (Å²) in [7, 11) is -1.55. The molecule has 4 nitrogen and oxygen atoms in total. The Kier molecular flexibility index (Phi) is 9.94. The van der Waals surface area contributed by atoms with E-state index in [-0.39, 0.29) is 14.0 Å². The van der Waals surface area contributed by atoms with Gasteiger partial charge < -0.3 is 4.74 Å². The lowest BCUT2D eigenvalue weighted by molar-refractivity contribution is -0.139. The molecule has 0 aliphatic rings. The molecule has 0 N–H and O–H groups in total. The first-order valence-electron chi connectivity index (χ1n) is 3.90. The fraction of sp³-hybridized carbons (Fsp3) is 0.667. The van der Waals surface area contributed by atoms with Gasteiger partial charge in [-0.3, -0.25) is 0 Å². The summed E-state index contributed by atoms with van der Waals surface area (Å²) in [6.07, 6.45) is 0.550. The van der Waals surface area contributed by atoms with E-state index in [1.165, 1.54) is 6.66 Å². The van der Waals surface area contributed by atoms with Crippen LogP contribution in [0.25, 0.3) is 0 Å². The summed E-state index contributed by atoms with van der Waals surface area (Å²) in [5, 5.41) is 0. The molecule has 0 saturated carbocycles. The third-order valence-electron chi connectivity index (χ3n) is 1.14. The van der Waals surface area contributed by atoms with Gasteiger partial charge in [0.1, 0.15) is 6.61 Å². The summed E-state index contributed by atoms with van der Waals surface area (Å²) in [5.74, 6) is -0.402. The van der Waals surface area contributed by atoms with Crippen LogP contribution in [0.3, 0.4) is 0 Å². The Morgan fingerprint density at radius 2 is 2.00 bits per heavy atom. The Morgan fingerprint density at radius 3 is 2.43 bits per heavy atom. The molecular formula is C9H18O4P+. The monoisotopic (exact) mass is 221 g/mol. The molecule has 0 spiro atoms. The number of ether oxygens (including phenoxy) is 1. The van der Waals surface area contributed by atoms with E-state index < -0.39 is 14.0 Å². The molecule has 0 aliphatic heterocycles. The highest BCUT2D eigenvalue weighted by Gasteiger charge is 2.06. The predicted octanol–water partition coefficient (Wildman–Crippen LogP) is 2.52. The van der Waals surface area contributed by atoms with Crippen LogP contribution < -0.4 is 0 Å². The SMILES string of the molecule is C.C=C(C)C(=O)OCCCO[P+](C)=O. The molecule has 0 aromatic heterocycles. The maximum Gasteiger partial charge on any atom is 0.504 e. The van der Waals surface area contributed by atoms with E-state index in [2.05, 4.69) is 6.58 Å². The lowest BCUT2D eigenvalue weighted by Gasteiger charge is -2.01. The number of hydrogen-bond acceptors (Lipinski definition) is 4. The lowest BCUT2D eigenvalue weighted by Crippen LogP contribution is -2.07. The first kappa shape index (κ1) is 15.7. The second kappa shape index (κ2) is 8.85. The smallest absolute Gasteiger partial charge is 0.462 e. The zero-order chi connectivity index (χ0) is 10.3. The summed E-state index contributed by atoms with van der Waals surface area (Å²) >= 11 is 0. The fourth-order valence-corrected chi connectivity index (χ4v) is 0.926. The highest BCUT2D eigenvalue weighted by Crippen LogP contribution is 2.14. The fourth-order valence-electron chi connectivity index (χ4n) is 0.540. The van der Waals surface area contributed by atoms with Gasteiger partial charge in [0.2, 0.25) is 0 Å². The van der Waals surface area contributed by atoms with Gasteiger partial charge in [0, 0.05) is 12.0 Å². The highest BCUT2D eigenvalue weighted by molar-refractivity contribution is 7.38. The van der Waals surface area contributed by atoms with Crippen LogP contribution in [0, 0.1) is 0 Å². The van der Waals surface area contributed by atoms with Crippen LogP contribution in [0.1, 0.15) is 20.8 Å². The summed E-state index contributed by atoms with van der Waals surface area (Å²) in [5.41, 5.74) is 0.377. The van der Waals surface area contributed by atoms with E-state index in [9.17, 15) is 9.36 Å². The van der Waals surface area contributed by atoms with Crippen LogP contribution in [-0.2, 0) is 18.6 Å². The third-order valence-corrected chi connectivity index (χ3v) is 1.69. The van der Waals surface area contributed by atoms with Crippen molar-refractivity contribution >= 4 is 14.0 Å². The van der Waals surface area contributed by atoms with Crippen molar-refractivity contribution in [3.63, 3.8) is 0 Å². The van der Waals surface area contributed by atoms with Crippen LogP contribution in [0.2, 0.25) is 0 Å². The van der Waals surface area contributed by atoms with Crippen LogP contribution in [-0.4, -0.2) is 25.8 Å². The van der Waals surface area contributed by atoms with E-state index in [0.29, 0.717) is 18.6 Å². The number of carbonyl (C=O) groups excluding carboxylic acids is 1. The third kappa shape index (κ3) is 9.36. The van der Waals surface area contributed by atoms with Crippen molar-refractivity contribution in [2.45, 2.75) is 20.8 Å². The highest BCUT2D eigenvalue weighted by atomic mass is 31.1. The van der Waals surface area contributed by atoms with E-state index in [0.717, 1.165) is 0 Å². The number of esters is 1. The molecule has 5 heteroatoms. The summed E-state index contributed by atoms with van der Waals surface area (Å²) in [6, 6.07) is 0. The van der Waals surface area contributed by atoms with Crippen LogP contribution in [0.5, 0.6) is 0 Å². The second-order valence-corrected chi connectivity index (χ2v) is 3.68. The molecule has 0 fully saturated rings. The molecule has 0 aromatic rings. The quantitative estimate of drug-likeness (QED) is 0.299. The first-order valence-corrected chi connectivity index (χ1v) is 5.53. The standard InChI is InChI=1S/C8H14O4P.CH4/c1-7(2)8(9)11-5-4-6-12-13(3)10;/h1,4-6H2,2-3H3;1H4/q+1;. The maximum absolute atomic E-state index is 10.8. The number of hydrogen-bond donors (Lipinski definition) is 0. The molecule has 1 atom stereocenters. The molecule has 0 bridgehead atoms. The molecule has 0 saturated heterocycles. The van der Waals surface area contributed by atoms with Gasteiger partial charge >= 0.3 is 14.0 Å². The van der Waals surface area contributed by atoms with Crippen molar-refractivity contribution in [2.24, 2.45) is 0 Å². The molecule has 0 aliphatic carbocycles. The van der Waals surface area contributed by atoms with Gasteiger partial charge in [-0.05, 0) is 11.5 Å². The van der Waals surface area contributed by atoms with Gasteiger partial charge in [-0.2, -0.15) is 0 Å². The average molecular weight is 221 g/mol. The topological polar surface area (TPSA) is 52.6 Å². The normalized spacial score (nSPS) is 10.0. The van der Waals surface area contributed by atoms with Crippen molar-refractivity contribution in [1.82, 2.24) is 0 Å². The lowest BCUT2D eigenvalue weighted by atomic mass is 10.4. The Balaban J connectivity index is 0. The summed E-state index contributed by atoms with van der Waals surface area (Å²) in [6.45, 7) is 7.11. The zero-order valence-electron chi connectivity index (χ0n) is 7.91. The van der Waals surface area contributed by atoms with Crippen molar-refractivity contribution in [2.75, 3.05) is 19.9 Å². The second-order valence-electron chi connectivity index (χ2n) is 2.54. The molecule has 0 rings (SSSR count). The molecule has 1 unspecified atom stereocenters. The summed E-state index contributed by atoms with van der Waals surface area (Å²) < 4.78 is 20.0. The Hall–Kier alpha value is -0.730. The first-order chi connectivity index (χ1) is 6.04. The predicted molar refractivity (Wildman–Crippen MR) is 56.6 cm³/mol. The average Bonchev–Trinajstić information content (AvgIpc) is 2.02. The van der Waals surface area contributed by atoms with E-state index in [1.54, 1.807) is 6.92 Å². The maximum atomic E-state index is 10.8. The minimum Gasteiger partial charge on any atom is -0.462 e. The van der Waals surface area contributed by atoms with Crippen molar-refractivity contribution < 1.29 is 18.6 Å². The Bertz CT molecular complexity index is 213. The summed E-state index contributed by atoms with van der Waals surface area (Å²) in [4.78, 5) is 10.8. The van der Waals surface area contributed by atoms with Crippen molar-refractivity contribution in [1.29, 1.82) is 0 Å². The number of rotatable bonds is 6. The molecular weight excluding hydrogens is 203 g/mol. The van der Waals surface area contributed by atoms with Crippen molar-refractivity contribution in [3.05, 3.63) is 12.2 Å². The molecule has 0 amide bonds. The Labute approximate surface area is 86.2 Å². The van der Waals surface area contributed by atoms with Crippen molar-refractivity contribution in [3.8, 4) is 0 Å². The molecule has 0 heterocycles.